The Morgan fingerprint density at radius 1 is 1.44 bits per heavy atom. The molecule has 0 saturated carbocycles. The van der Waals surface area contributed by atoms with Gasteiger partial charge in [-0.2, -0.15) is 0 Å². The molecule has 94 valence electrons. The first-order valence-electron chi connectivity index (χ1n) is 5.47. The van der Waals surface area contributed by atoms with E-state index in [9.17, 15) is 4.79 Å². The van der Waals surface area contributed by atoms with Crippen LogP contribution in [0.1, 0.15) is 28.2 Å². The van der Waals surface area contributed by atoms with Gasteiger partial charge in [-0.05, 0) is 52.5 Å². The molecule has 0 spiro atoms. The summed E-state index contributed by atoms with van der Waals surface area (Å²) in [7, 11) is 0. The minimum Gasteiger partial charge on any atom is -0.378 e. The molecular formula is C13H13BrN2OS. The third-order valence-electron chi connectivity index (χ3n) is 2.57. The third-order valence-corrected chi connectivity index (χ3v) is 4.62. The Kier molecular flexibility index (Phi) is 4.04. The topological polar surface area (TPSA) is 55.1 Å². The van der Waals surface area contributed by atoms with Crippen LogP contribution in [-0.2, 0) is 0 Å². The lowest BCUT2D eigenvalue weighted by Crippen LogP contribution is -2.12. The molecule has 2 aromatic rings. The van der Waals surface area contributed by atoms with Crippen LogP contribution in [0.2, 0.25) is 0 Å². The van der Waals surface area contributed by atoms with Crippen molar-refractivity contribution in [2.75, 3.05) is 5.32 Å². The monoisotopic (exact) mass is 324 g/mol. The molecule has 0 bridgehead atoms. The fourth-order valence-corrected chi connectivity index (χ4v) is 3.42. The average molecular weight is 325 g/mol. The maximum absolute atomic E-state index is 11.1. The van der Waals surface area contributed by atoms with Gasteiger partial charge >= 0.3 is 0 Å². The summed E-state index contributed by atoms with van der Waals surface area (Å²) in [6.07, 6.45) is 0. The van der Waals surface area contributed by atoms with Gasteiger partial charge in [0.2, 0.25) is 5.91 Å². The number of nitrogens with two attached hydrogens (primary N) is 1. The van der Waals surface area contributed by atoms with Crippen molar-refractivity contribution >= 4 is 38.9 Å². The van der Waals surface area contributed by atoms with E-state index in [-0.39, 0.29) is 6.04 Å². The minimum atomic E-state index is -0.413. The molecule has 0 fully saturated rings. The number of primary amides is 1. The number of carbonyl (C=O) groups excluding carboxylic acids is 1. The molecule has 2 rings (SSSR count). The van der Waals surface area contributed by atoms with Crippen molar-refractivity contribution in [3.63, 3.8) is 0 Å². The van der Waals surface area contributed by atoms with Crippen LogP contribution in [0.25, 0.3) is 0 Å². The second kappa shape index (κ2) is 5.54. The normalized spacial score (nSPS) is 12.1. The van der Waals surface area contributed by atoms with Gasteiger partial charge in [-0.15, -0.1) is 11.3 Å². The van der Waals surface area contributed by atoms with E-state index in [1.54, 1.807) is 23.5 Å². The van der Waals surface area contributed by atoms with Crippen LogP contribution in [0, 0.1) is 0 Å². The van der Waals surface area contributed by atoms with Crippen molar-refractivity contribution in [1.29, 1.82) is 0 Å². The molecule has 5 heteroatoms. The van der Waals surface area contributed by atoms with Crippen molar-refractivity contribution in [2.45, 2.75) is 13.0 Å². The fourth-order valence-electron chi connectivity index (χ4n) is 1.69. The van der Waals surface area contributed by atoms with Crippen LogP contribution in [0.4, 0.5) is 5.69 Å². The van der Waals surface area contributed by atoms with E-state index >= 15 is 0 Å². The fraction of sp³-hybridized carbons (Fsp3) is 0.154. The summed E-state index contributed by atoms with van der Waals surface area (Å²) in [5.74, 6) is -0.413. The van der Waals surface area contributed by atoms with E-state index in [0.29, 0.717) is 5.56 Å². The number of halogens is 1. The van der Waals surface area contributed by atoms with E-state index in [0.717, 1.165) is 10.2 Å². The highest BCUT2D eigenvalue weighted by molar-refractivity contribution is 9.10. The Bertz CT molecular complexity index is 568. The van der Waals surface area contributed by atoms with E-state index in [1.165, 1.54) is 4.88 Å². The smallest absolute Gasteiger partial charge is 0.248 e. The molecule has 0 aliphatic heterocycles. The molecule has 1 unspecified atom stereocenters. The van der Waals surface area contributed by atoms with Crippen molar-refractivity contribution < 1.29 is 4.79 Å². The number of hydrogen-bond acceptors (Lipinski definition) is 3. The summed E-state index contributed by atoms with van der Waals surface area (Å²) in [4.78, 5) is 12.3. The number of rotatable bonds is 4. The number of benzene rings is 1. The Balaban J connectivity index is 2.17. The summed E-state index contributed by atoms with van der Waals surface area (Å²) < 4.78 is 1.10. The highest BCUT2D eigenvalue weighted by Gasteiger charge is 2.11. The molecule has 18 heavy (non-hydrogen) atoms. The molecule has 3 nitrogen and oxygen atoms in total. The Morgan fingerprint density at radius 3 is 2.83 bits per heavy atom. The van der Waals surface area contributed by atoms with Crippen LogP contribution >= 0.6 is 27.3 Å². The largest absolute Gasteiger partial charge is 0.378 e. The Morgan fingerprint density at radius 2 is 2.22 bits per heavy atom. The summed E-state index contributed by atoms with van der Waals surface area (Å²) in [6, 6.07) is 9.41. The zero-order chi connectivity index (χ0) is 13.1. The zero-order valence-electron chi connectivity index (χ0n) is 9.81. The lowest BCUT2D eigenvalue weighted by atomic mass is 10.1. The Labute approximate surface area is 118 Å². The lowest BCUT2D eigenvalue weighted by molar-refractivity contribution is 0.100. The SMILES string of the molecule is CC(Nc1cccc(C(N)=O)c1)c1sccc1Br. The number of hydrogen-bond donors (Lipinski definition) is 2. The number of carbonyl (C=O) groups is 1. The van der Waals surface area contributed by atoms with Crippen LogP contribution in [0.5, 0.6) is 0 Å². The lowest BCUT2D eigenvalue weighted by Gasteiger charge is -2.15. The summed E-state index contributed by atoms with van der Waals surface area (Å²) in [6.45, 7) is 2.08. The molecule has 1 atom stereocenters. The van der Waals surface area contributed by atoms with Gasteiger partial charge in [0.25, 0.3) is 0 Å². The molecule has 0 aliphatic rings. The maximum Gasteiger partial charge on any atom is 0.248 e. The van der Waals surface area contributed by atoms with E-state index in [2.05, 4.69) is 28.2 Å². The molecule has 0 saturated heterocycles. The standard InChI is InChI=1S/C13H13BrN2OS/c1-8(12-11(14)5-6-18-12)16-10-4-2-3-9(7-10)13(15)17/h2-8,16H,1H3,(H2,15,17). The van der Waals surface area contributed by atoms with Gasteiger partial charge in [0.1, 0.15) is 0 Å². The minimum absolute atomic E-state index is 0.169. The van der Waals surface area contributed by atoms with Crippen LogP contribution < -0.4 is 11.1 Å². The second-order valence-corrected chi connectivity index (χ2v) is 5.75. The van der Waals surface area contributed by atoms with Gasteiger partial charge in [-0.1, -0.05) is 6.07 Å². The van der Waals surface area contributed by atoms with Crippen LogP contribution in [0.15, 0.2) is 40.2 Å². The van der Waals surface area contributed by atoms with Crippen LogP contribution in [-0.4, -0.2) is 5.91 Å². The zero-order valence-corrected chi connectivity index (χ0v) is 12.2. The van der Waals surface area contributed by atoms with Gasteiger partial charge in [0, 0.05) is 20.6 Å². The number of anilines is 1. The van der Waals surface area contributed by atoms with Crippen LogP contribution in [0.3, 0.4) is 0 Å². The highest BCUT2D eigenvalue weighted by Crippen LogP contribution is 2.31. The quantitative estimate of drug-likeness (QED) is 0.899. The molecule has 0 radical (unpaired) electrons. The van der Waals surface area contributed by atoms with Crippen molar-refractivity contribution in [3.8, 4) is 0 Å². The van der Waals surface area contributed by atoms with Gasteiger partial charge < -0.3 is 11.1 Å². The average Bonchev–Trinajstić information content (AvgIpc) is 2.76. The van der Waals surface area contributed by atoms with E-state index in [1.807, 2.05) is 23.6 Å². The third kappa shape index (κ3) is 2.91. The molecule has 1 aromatic heterocycles. The van der Waals surface area contributed by atoms with E-state index < -0.39 is 5.91 Å². The second-order valence-electron chi connectivity index (χ2n) is 3.94. The van der Waals surface area contributed by atoms with Crippen molar-refractivity contribution in [2.24, 2.45) is 5.73 Å². The first-order valence-corrected chi connectivity index (χ1v) is 7.14. The Hall–Kier alpha value is -1.33. The van der Waals surface area contributed by atoms with E-state index in [4.69, 9.17) is 5.73 Å². The summed E-state index contributed by atoms with van der Waals surface area (Å²) >= 11 is 5.20. The van der Waals surface area contributed by atoms with Gasteiger partial charge in [0.05, 0.1) is 6.04 Å². The maximum atomic E-state index is 11.1. The summed E-state index contributed by atoms with van der Waals surface area (Å²) in [5, 5.41) is 5.39. The highest BCUT2D eigenvalue weighted by atomic mass is 79.9. The first kappa shape index (κ1) is 13.1. The number of thiophene rings is 1. The predicted octanol–water partition coefficient (Wildman–Crippen LogP) is 3.78. The van der Waals surface area contributed by atoms with Crippen molar-refractivity contribution in [1.82, 2.24) is 0 Å². The molecule has 3 N–H and O–H groups in total. The summed E-state index contributed by atoms with van der Waals surface area (Å²) in [5.41, 5.74) is 6.66. The number of amides is 1. The molecule has 1 heterocycles. The number of nitrogens with one attached hydrogen (secondary N) is 1. The molecular weight excluding hydrogens is 312 g/mol. The molecule has 1 aromatic carbocycles. The predicted molar refractivity (Wildman–Crippen MR) is 79.0 cm³/mol. The molecule has 1 amide bonds. The van der Waals surface area contributed by atoms with Gasteiger partial charge in [0.15, 0.2) is 0 Å². The van der Waals surface area contributed by atoms with Gasteiger partial charge in [-0.25, -0.2) is 0 Å². The van der Waals surface area contributed by atoms with Crippen molar-refractivity contribution in [3.05, 3.63) is 50.6 Å². The van der Waals surface area contributed by atoms with Gasteiger partial charge in [-0.3, -0.25) is 4.79 Å². The molecule has 0 aliphatic carbocycles. The first-order chi connectivity index (χ1) is 8.58.